The number of nitrogens with one attached hydrogen (secondary N) is 1. The molecule has 110 valence electrons. The lowest BCUT2D eigenvalue weighted by atomic mass is 10.1. The summed E-state index contributed by atoms with van der Waals surface area (Å²) in [7, 11) is 0. The van der Waals surface area contributed by atoms with Gasteiger partial charge in [0.05, 0.1) is 6.04 Å². The van der Waals surface area contributed by atoms with Crippen LogP contribution in [0, 0.1) is 0 Å². The van der Waals surface area contributed by atoms with Crippen LogP contribution < -0.4 is 11.1 Å². The maximum atomic E-state index is 11.8. The first-order valence-electron chi connectivity index (χ1n) is 6.36. The molecule has 0 radical (unpaired) electrons. The van der Waals surface area contributed by atoms with E-state index in [1.54, 1.807) is 11.8 Å². The first-order valence-corrected chi connectivity index (χ1v) is 7.75. The van der Waals surface area contributed by atoms with Gasteiger partial charge in [-0.05, 0) is 24.0 Å². The lowest BCUT2D eigenvalue weighted by molar-refractivity contribution is -0.142. The quantitative estimate of drug-likeness (QED) is 0.662. The summed E-state index contributed by atoms with van der Waals surface area (Å²) >= 11 is 1.60. The average Bonchev–Trinajstić information content (AvgIpc) is 2.44. The van der Waals surface area contributed by atoms with Gasteiger partial charge in [-0.15, -0.1) is 0 Å². The number of nitrogens with two attached hydrogens (primary N) is 1. The Kier molecular flexibility index (Phi) is 7.11. The zero-order valence-corrected chi connectivity index (χ0v) is 12.2. The van der Waals surface area contributed by atoms with Crippen molar-refractivity contribution in [2.45, 2.75) is 24.9 Å². The van der Waals surface area contributed by atoms with Crippen LogP contribution in [0.25, 0.3) is 0 Å². The van der Waals surface area contributed by atoms with Crippen LogP contribution >= 0.6 is 11.8 Å². The van der Waals surface area contributed by atoms with E-state index in [0.29, 0.717) is 6.42 Å². The second kappa shape index (κ2) is 8.60. The van der Waals surface area contributed by atoms with Crippen molar-refractivity contribution in [1.29, 1.82) is 0 Å². The van der Waals surface area contributed by atoms with Crippen LogP contribution in [0.1, 0.15) is 12.0 Å². The van der Waals surface area contributed by atoms with Crippen LogP contribution in [-0.2, 0) is 16.0 Å². The standard InChI is InChI=1S/C14H20N2O3S/c1-20-8-7-11(15)13(17)16-12(14(18)19)9-10-5-3-2-4-6-10/h2-6,11-12H,7-9,15H2,1H3,(H,16,17)(H,18,19)/t11-,12+/m1/s1. The van der Waals surface area contributed by atoms with Gasteiger partial charge in [-0.1, -0.05) is 30.3 Å². The van der Waals surface area contributed by atoms with Gasteiger partial charge in [0, 0.05) is 6.42 Å². The fourth-order valence-electron chi connectivity index (χ4n) is 1.70. The molecule has 0 bridgehead atoms. The molecule has 0 saturated heterocycles. The van der Waals surface area contributed by atoms with Gasteiger partial charge in [-0.2, -0.15) is 11.8 Å². The first kappa shape index (κ1) is 16.5. The molecule has 0 spiro atoms. The molecule has 1 amide bonds. The molecule has 0 aliphatic carbocycles. The Morgan fingerprint density at radius 3 is 2.55 bits per heavy atom. The molecule has 2 atom stereocenters. The summed E-state index contributed by atoms with van der Waals surface area (Å²) in [5.41, 5.74) is 6.59. The number of hydrogen-bond donors (Lipinski definition) is 3. The van der Waals surface area contributed by atoms with E-state index in [1.807, 2.05) is 36.6 Å². The second-order valence-corrected chi connectivity index (χ2v) is 5.46. The van der Waals surface area contributed by atoms with E-state index in [0.717, 1.165) is 11.3 Å². The van der Waals surface area contributed by atoms with Gasteiger partial charge in [-0.3, -0.25) is 4.79 Å². The predicted octanol–water partition coefficient (Wildman–Crippen LogP) is 0.879. The number of rotatable bonds is 8. The maximum absolute atomic E-state index is 11.8. The fraction of sp³-hybridized carbons (Fsp3) is 0.429. The van der Waals surface area contributed by atoms with E-state index in [4.69, 9.17) is 5.73 Å². The number of benzene rings is 1. The summed E-state index contributed by atoms with van der Waals surface area (Å²) in [4.78, 5) is 23.1. The minimum absolute atomic E-state index is 0.247. The van der Waals surface area contributed by atoms with Crippen LogP contribution in [0.2, 0.25) is 0 Å². The Bertz CT molecular complexity index is 439. The molecule has 1 aromatic rings. The molecule has 6 heteroatoms. The lowest BCUT2D eigenvalue weighted by Gasteiger charge is -2.17. The number of thioether (sulfide) groups is 1. The zero-order valence-electron chi connectivity index (χ0n) is 11.4. The molecule has 4 N–H and O–H groups in total. The van der Waals surface area contributed by atoms with Crippen molar-refractivity contribution in [3.05, 3.63) is 35.9 Å². The minimum atomic E-state index is -1.06. The molecular weight excluding hydrogens is 276 g/mol. The number of carbonyl (C=O) groups is 2. The van der Waals surface area contributed by atoms with Gasteiger partial charge in [-0.25, -0.2) is 4.79 Å². The Morgan fingerprint density at radius 2 is 2.00 bits per heavy atom. The highest BCUT2D eigenvalue weighted by molar-refractivity contribution is 7.98. The third kappa shape index (κ3) is 5.63. The Labute approximate surface area is 122 Å². The molecule has 0 heterocycles. The van der Waals surface area contributed by atoms with Crippen LogP contribution in [-0.4, -0.2) is 41.1 Å². The van der Waals surface area contributed by atoms with Crippen molar-refractivity contribution >= 4 is 23.6 Å². The van der Waals surface area contributed by atoms with Gasteiger partial charge in [0.2, 0.25) is 5.91 Å². The molecule has 0 aromatic heterocycles. The smallest absolute Gasteiger partial charge is 0.326 e. The number of carbonyl (C=O) groups excluding carboxylic acids is 1. The minimum Gasteiger partial charge on any atom is -0.480 e. The van der Waals surface area contributed by atoms with Gasteiger partial charge >= 0.3 is 5.97 Å². The first-order chi connectivity index (χ1) is 9.54. The molecule has 0 aliphatic rings. The van der Waals surface area contributed by atoms with E-state index in [9.17, 15) is 14.7 Å². The molecule has 0 unspecified atom stereocenters. The van der Waals surface area contributed by atoms with E-state index >= 15 is 0 Å². The van der Waals surface area contributed by atoms with Crippen molar-refractivity contribution < 1.29 is 14.7 Å². The summed E-state index contributed by atoms with van der Waals surface area (Å²) in [5, 5.41) is 11.7. The largest absolute Gasteiger partial charge is 0.480 e. The molecule has 20 heavy (non-hydrogen) atoms. The van der Waals surface area contributed by atoms with Crippen molar-refractivity contribution in [1.82, 2.24) is 5.32 Å². The van der Waals surface area contributed by atoms with Crippen molar-refractivity contribution in [2.24, 2.45) is 5.73 Å². The molecule has 5 nitrogen and oxygen atoms in total. The van der Waals surface area contributed by atoms with Crippen LogP contribution in [0.3, 0.4) is 0 Å². The maximum Gasteiger partial charge on any atom is 0.326 e. The van der Waals surface area contributed by atoms with Gasteiger partial charge in [0.15, 0.2) is 0 Å². The van der Waals surface area contributed by atoms with Crippen molar-refractivity contribution in [3.8, 4) is 0 Å². The van der Waals surface area contributed by atoms with Gasteiger partial charge in [0.25, 0.3) is 0 Å². The molecule has 0 fully saturated rings. The molecule has 1 rings (SSSR count). The normalized spacial score (nSPS) is 13.5. The number of carboxylic acid groups (broad SMARTS) is 1. The van der Waals surface area contributed by atoms with E-state index in [-0.39, 0.29) is 6.42 Å². The third-order valence-electron chi connectivity index (χ3n) is 2.87. The van der Waals surface area contributed by atoms with E-state index < -0.39 is 24.0 Å². The monoisotopic (exact) mass is 296 g/mol. The van der Waals surface area contributed by atoms with Crippen LogP contribution in [0.5, 0.6) is 0 Å². The van der Waals surface area contributed by atoms with Gasteiger partial charge < -0.3 is 16.2 Å². The Balaban J connectivity index is 2.59. The van der Waals surface area contributed by atoms with Crippen LogP contribution in [0.4, 0.5) is 0 Å². The Morgan fingerprint density at radius 1 is 1.35 bits per heavy atom. The highest BCUT2D eigenvalue weighted by Crippen LogP contribution is 2.05. The lowest BCUT2D eigenvalue weighted by Crippen LogP contribution is -2.49. The fourth-order valence-corrected chi connectivity index (χ4v) is 2.19. The Hall–Kier alpha value is -1.53. The predicted molar refractivity (Wildman–Crippen MR) is 80.7 cm³/mol. The summed E-state index contributed by atoms with van der Waals surface area (Å²) in [6.07, 6.45) is 2.71. The van der Waals surface area contributed by atoms with Crippen molar-refractivity contribution in [2.75, 3.05) is 12.0 Å². The van der Waals surface area contributed by atoms with Gasteiger partial charge in [0.1, 0.15) is 6.04 Å². The second-order valence-electron chi connectivity index (χ2n) is 4.48. The highest BCUT2D eigenvalue weighted by Gasteiger charge is 2.23. The SMILES string of the molecule is CSCC[C@@H](N)C(=O)N[C@@H](Cc1ccccc1)C(=O)O. The number of aliphatic carboxylic acids is 1. The summed E-state index contributed by atoms with van der Waals surface area (Å²) in [6, 6.07) is 7.56. The summed E-state index contributed by atoms with van der Waals surface area (Å²) in [5.74, 6) is -0.702. The summed E-state index contributed by atoms with van der Waals surface area (Å²) < 4.78 is 0. The van der Waals surface area contributed by atoms with Crippen LogP contribution in [0.15, 0.2) is 30.3 Å². The average molecular weight is 296 g/mol. The van der Waals surface area contributed by atoms with E-state index in [1.165, 1.54) is 0 Å². The molecule has 0 saturated carbocycles. The van der Waals surface area contributed by atoms with E-state index in [2.05, 4.69) is 5.32 Å². The molecule has 1 aromatic carbocycles. The highest BCUT2D eigenvalue weighted by atomic mass is 32.2. The topological polar surface area (TPSA) is 92.4 Å². The summed E-state index contributed by atoms with van der Waals surface area (Å²) in [6.45, 7) is 0. The zero-order chi connectivity index (χ0) is 15.0. The number of hydrogen-bond acceptors (Lipinski definition) is 4. The number of carboxylic acids is 1. The molecule has 0 aliphatic heterocycles. The molecular formula is C14H20N2O3S. The number of amides is 1. The van der Waals surface area contributed by atoms with Crippen molar-refractivity contribution in [3.63, 3.8) is 0 Å². The third-order valence-corrected chi connectivity index (χ3v) is 3.51.